The molecule has 0 aliphatic rings. The molecule has 0 bridgehead atoms. The molecule has 4 N–H and O–H groups in total. The van der Waals surface area contributed by atoms with Crippen LogP contribution in [0.4, 0.5) is 0 Å². The number of rotatable bonds is 8. The zero-order valence-electron chi connectivity index (χ0n) is 12.9. The highest BCUT2D eigenvalue weighted by Crippen LogP contribution is 2.05. The molecule has 0 amide bonds. The Kier molecular flexibility index (Phi) is 31.1. The van der Waals surface area contributed by atoms with Crippen LogP contribution in [-0.4, -0.2) is 6.54 Å². The van der Waals surface area contributed by atoms with Gasteiger partial charge in [-0.05, 0) is 19.3 Å². The molecule has 0 saturated heterocycles. The summed E-state index contributed by atoms with van der Waals surface area (Å²) in [6.45, 7) is 13.4. The van der Waals surface area contributed by atoms with Crippen LogP contribution >= 0.6 is 0 Å². The van der Waals surface area contributed by atoms with Gasteiger partial charge in [0.05, 0.1) is 0 Å². The standard InChI is InChI=1S/C10H23N3.2C2H6/c1-3-5-6-7-10(9-13-11)12-8-4-2;2*1-2/h9,12-13H,3-8,11H2,1-2H3;2*1-2H3/b10-9-;;. The Hall–Kier alpha value is -0.700. The summed E-state index contributed by atoms with van der Waals surface area (Å²) in [5, 5.41) is 3.35. The van der Waals surface area contributed by atoms with Gasteiger partial charge in [0.2, 0.25) is 0 Å². The van der Waals surface area contributed by atoms with Crippen molar-refractivity contribution >= 4 is 0 Å². The van der Waals surface area contributed by atoms with Gasteiger partial charge in [-0.25, -0.2) is 0 Å². The summed E-state index contributed by atoms with van der Waals surface area (Å²) in [5.74, 6) is 5.24. The van der Waals surface area contributed by atoms with Gasteiger partial charge < -0.3 is 10.7 Å². The van der Waals surface area contributed by atoms with Crippen molar-refractivity contribution in [3.05, 3.63) is 11.9 Å². The van der Waals surface area contributed by atoms with E-state index < -0.39 is 0 Å². The van der Waals surface area contributed by atoms with Gasteiger partial charge in [0.25, 0.3) is 0 Å². The molecular formula is C14H35N3. The number of hydrogen-bond donors (Lipinski definition) is 3. The molecule has 0 unspecified atom stereocenters. The van der Waals surface area contributed by atoms with Crippen LogP contribution in [0, 0.1) is 0 Å². The number of nitrogens with one attached hydrogen (secondary N) is 2. The highest BCUT2D eigenvalue weighted by atomic mass is 15.2. The zero-order chi connectivity index (χ0) is 13.9. The van der Waals surface area contributed by atoms with E-state index >= 15 is 0 Å². The minimum atomic E-state index is 1.03. The number of hydrogen-bond acceptors (Lipinski definition) is 3. The third-order valence-corrected chi connectivity index (χ3v) is 1.91. The van der Waals surface area contributed by atoms with Gasteiger partial charge in [0.15, 0.2) is 0 Å². The summed E-state index contributed by atoms with van der Waals surface area (Å²) in [4.78, 5) is 0. The number of allylic oxidation sites excluding steroid dienone is 1. The second-order valence-corrected chi connectivity index (χ2v) is 3.22. The fourth-order valence-corrected chi connectivity index (χ4v) is 1.16. The summed E-state index contributed by atoms with van der Waals surface area (Å²) >= 11 is 0. The first kappa shape index (κ1) is 21.6. The van der Waals surface area contributed by atoms with Crippen molar-refractivity contribution in [1.29, 1.82) is 0 Å². The minimum Gasteiger partial charge on any atom is -0.387 e. The minimum absolute atomic E-state index is 1.03. The fourth-order valence-electron chi connectivity index (χ4n) is 1.16. The normalized spacial score (nSPS) is 9.47. The monoisotopic (exact) mass is 245 g/mol. The van der Waals surface area contributed by atoms with Crippen LogP contribution < -0.4 is 16.6 Å². The number of hydrazine groups is 1. The molecule has 0 aromatic rings. The predicted octanol–water partition coefficient (Wildman–Crippen LogP) is 3.92. The molecule has 0 fully saturated rings. The molecule has 106 valence electrons. The third-order valence-electron chi connectivity index (χ3n) is 1.91. The third kappa shape index (κ3) is 21.2. The lowest BCUT2D eigenvalue weighted by molar-refractivity contribution is 0.653. The van der Waals surface area contributed by atoms with Gasteiger partial charge in [-0.15, -0.1) is 0 Å². The molecule has 3 nitrogen and oxygen atoms in total. The van der Waals surface area contributed by atoms with Crippen molar-refractivity contribution in [2.24, 2.45) is 5.84 Å². The van der Waals surface area contributed by atoms with E-state index in [0.29, 0.717) is 0 Å². The van der Waals surface area contributed by atoms with E-state index in [9.17, 15) is 0 Å². The summed E-state index contributed by atoms with van der Waals surface area (Å²) < 4.78 is 0. The first-order valence-corrected chi connectivity index (χ1v) is 7.24. The molecule has 0 aliphatic carbocycles. The van der Waals surface area contributed by atoms with Gasteiger partial charge in [-0.2, -0.15) is 0 Å². The van der Waals surface area contributed by atoms with Crippen LogP contribution in [0.2, 0.25) is 0 Å². The van der Waals surface area contributed by atoms with E-state index in [0.717, 1.165) is 19.4 Å². The molecule has 0 saturated carbocycles. The Morgan fingerprint density at radius 3 is 2.00 bits per heavy atom. The molecule has 0 spiro atoms. The van der Waals surface area contributed by atoms with Crippen molar-refractivity contribution in [3.63, 3.8) is 0 Å². The number of unbranched alkanes of at least 4 members (excludes halogenated alkanes) is 2. The SMILES string of the molecule is CC.CC.CCCCC/C(=C/NN)NCCC. The highest BCUT2D eigenvalue weighted by Gasteiger charge is 1.94. The first-order chi connectivity index (χ1) is 8.35. The van der Waals surface area contributed by atoms with E-state index in [-0.39, 0.29) is 0 Å². The molecule has 0 radical (unpaired) electrons. The van der Waals surface area contributed by atoms with Crippen LogP contribution in [-0.2, 0) is 0 Å². The lowest BCUT2D eigenvalue weighted by Gasteiger charge is -2.09. The van der Waals surface area contributed by atoms with E-state index in [1.807, 2.05) is 33.9 Å². The molecule has 0 aromatic carbocycles. The summed E-state index contributed by atoms with van der Waals surface area (Å²) in [6.07, 6.45) is 7.88. The zero-order valence-corrected chi connectivity index (χ0v) is 12.9. The summed E-state index contributed by atoms with van der Waals surface area (Å²) in [7, 11) is 0. The molecule has 0 atom stereocenters. The molecular weight excluding hydrogens is 210 g/mol. The maximum Gasteiger partial charge on any atom is 0.0312 e. The van der Waals surface area contributed by atoms with E-state index in [4.69, 9.17) is 5.84 Å². The Labute approximate surface area is 109 Å². The van der Waals surface area contributed by atoms with Gasteiger partial charge in [-0.1, -0.05) is 54.4 Å². The lowest BCUT2D eigenvalue weighted by Crippen LogP contribution is -2.21. The van der Waals surface area contributed by atoms with Crippen LogP contribution in [0.15, 0.2) is 11.9 Å². The van der Waals surface area contributed by atoms with Gasteiger partial charge in [0.1, 0.15) is 0 Å². The van der Waals surface area contributed by atoms with Crippen molar-refractivity contribution in [2.45, 2.75) is 73.6 Å². The molecule has 0 heterocycles. The quantitative estimate of drug-likeness (QED) is 0.345. The van der Waals surface area contributed by atoms with Crippen LogP contribution in [0.25, 0.3) is 0 Å². The van der Waals surface area contributed by atoms with Crippen molar-refractivity contribution < 1.29 is 0 Å². The van der Waals surface area contributed by atoms with Crippen molar-refractivity contribution in [3.8, 4) is 0 Å². The second-order valence-electron chi connectivity index (χ2n) is 3.22. The molecule has 0 rings (SSSR count). The molecule has 3 heteroatoms. The summed E-state index contributed by atoms with van der Waals surface area (Å²) in [6, 6.07) is 0. The Bertz CT molecular complexity index is 133. The van der Waals surface area contributed by atoms with Gasteiger partial charge >= 0.3 is 0 Å². The Morgan fingerprint density at radius 1 is 1.00 bits per heavy atom. The molecule has 0 aliphatic heterocycles. The van der Waals surface area contributed by atoms with Gasteiger partial charge in [-0.3, -0.25) is 5.84 Å². The predicted molar refractivity (Wildman–Crippen MR) is 80.5 cm³/mol. The average molecular weight is 245 g/mol. The topological polar surface area (TPSA) is 50.1 Å². The molecule has 0 aromatic heterocycles. The maximum absolute atomic E-state index is 5.24. The van der Waals surface area contributed by atoms with E-state index in [1.165, 1.54) is 25.0 Å². The van der Waals surface area contributed by atoms with E-state index in [2.05, 4.69) is 24.6 Å². The van der Waals surface area contributed by atoms with Gasteiger partial charge in [0, 0.05) is 18.4 Å². The van der Waals surface area contributed by atoms with E-state index in [1.54, 1.807) is 0 Å². The largest absolute Gasteiger partial charge is 0.387 e. The Morgan fingerprint density at radius 2 is 1.59 bits per heavy atom. The molecule has 17 heavy (non-hydrogen) atoms. The first-order valence-electron chi connectivity index (χ1n) is 7.24. The average Bonchev–Trinajstić information content (AvgIpc) is 2.41. The number of nitrogens with two attached hydrogens (primary N) is 1. The second kappa shape index (κ2) is 24.5. The van der Waals surface area contributed by atoms with Crippen LogP contribution in [0.5, 0.6) is 0 Å². The maximum atomic E-state index is 5.24. The fraction of sp³-hybridized carbons (Fsp3) is 0.857. The van der Waals surface area contributed by atoms with Crippen LogP contribution in [0.3, 0.4) is 0 Å². The smallest absolute Gasteiger partial charge is 0.0312 e. The van der Waals surface area contributed by atoms with Crippen molar-refractivity contribution in [2.75, 3.05) is 6.54 Å². The van der Waals surface area contributed by atoms with Crippen molar-refractivity contribution in [1.82, 2.24) is 10.7 Å². The highest BCUT2D eigenvalue weighted by molar-refractivity contribution is 4.97. The lowest BCUT2D eigenvalue weighted by atomic mass is 10.1. The van der Waals surface area contributed by atoms with Crippen LogP contribution in [0.1, 0.15) is 73.6 Å². The Balaban J connectivity index is -0.000000439. The summed E-state index contributed by atoms with van der Waals surface area (Å²) in [5.41, 5.74) is 3.80.